The predicted molar refractivity (Wildman–Crippen MR) is 80.8 cm³/mol. The molecule has 1 N–H and O–H groups in total. The molecule has 0 amide bonds. The largest absolute Gasteiger partial charge is 0.478 e. The van der Waals surface area contributed by atoms with Crippen molar-refractivity contribution < 1.29 is 9.90 Å². The number of hydrogen-bond acceptors (Lipinski definition) is 3. The van der Waals surface area contributed by atoms with Crippen LogP contribution in [0.15, 0.2) is 24.3 Å². The number of aliphatic carboxylic acids is 1. The van der Waals surface area contributed by atoms with E-state index in [4.69, 9.17) is 22.0 Å². The Bertz CT molecular complexity index is 549. The molecule has 0 heterocycles. The van der Waals surface area contributed by atoms with Crippen molar-refractivity contribution in [3.05, 3.63) is 34.9 Å². The number of carboxylic acids is 1. The molecule has 1 aromatic carbocycles. The van der Waals surface area contributed by atoms with Crippen molar-refractivity contribution in [1.82, 2.24) is 0 Å². The predicted octanol–water partition coefficient (Wildman–Crippen LogP) is 3.42. The van der Waals surface area contributed by atoms with Crippen LogP contribution in [0.4, 0.5) is 5.69 Å². The summed E-state index contributed by atoms with van der Waals surface area (Å²) < 4.78 is 0. The summed E-state index contributed by atoms with van der Waals surface area (Å²) in [5.41, 5.74) is 1.60. The zero-order valence-electron chi connectivity index (χ0n) is 11.5. The van der Waals surface area contributed by atoms with E-state index in [9.17, 15) is 4.79 Å². The number of carbonyl (C=O) groups is 1. The molecule has 0 aromatic heterocycles. The second-order valence-corrected chi connectivity index (χ2v) is 4.88. The zero-order valence-corrected chi connectivity index (χ0v) is 12.3. The first-order chi connectivity index (χ1) is 9.47. The Morgan fingerprint density at radius 2 is 2.30 bits per heavy atom. The Hall–Kier alpha value is -1.99. The first-order valence-corrected chi connectivity index (χ1v) is 6.70. The molecule has 0 aliphatic rings. The minimum atomic E-state index is -1.01. The Kier molecular flexibility index (Phi) is 6.08. The van der Waals surface area contributed by atoms with Crippen LogP contribution in [0.5, 0.6) is 0 Å². The summed E-state index contributed by atoms with van der Waals surface area (Å²) >= 11 is 5.96. The topological polar surface area (TPSA) is 64.3 Å². The van der Waals surface area contributed by atoms with Crippen LogP contribution in [0.25, 0.3) is 6.08 Å². The van der Waals surface area contributed by atoms with Crippen molar-refractivity contribution >= 4 is 29.3 Å². The van der Waals surface area contributed by atoms with Gasteiger partial charge in [0.1, 0.15) is 0 Å². The quantitative estimate of drug-likeness (QED) is 0.816. The van der Waals surface area contributed by atoms with Gasteiger partial charge in [-0.3, -0.25) is 0 Å². The summed E-state index contributed by atoms with van der Waals surface area (Å²) in [4.78, 5) is 12.7. The van der Waals surface area contributed by atoms with E-state index < -0.39 is 5.97 Å². The van der Waals surface area contributed by atoms with E-state index >= 15 is 0 Å². The highest BCUT2D eigenvalue weighted by atomic mass is 35.5. The van der Waals surface area contributed by atoms with E-state index in [2.05, 4.69) is 6.07 Å². The molecule has 0 aliphatic heterocycles. The number of hydrogen-bond donors (Lipinski definition) is 1. The molecule has 0 aliphatic carbocycles. The van der Waals surface area contributed by atoms with E-state index in [-0.39, 0.29) is 5.92 Å². The monoisotopic (exact) mass is 292 g/mol. The van der Waals surface area contributed by atoms with Gasteiger partial charge in [0.25, 0.3) is 0 Å². The highest BCUT2D eigenvalue weighted by Crippen LogP contribution is 2.26. The maximum absolute atomic E-state index is 10.7. The van der Waals surface area contributed by atoms with E-state index in [1.165, 1.54) is 6.08 Å². The SMILES string of the molecule is CCN(CC(C)C#N)c1ccc(Cl)cc1/C=C/C(=O)O. The van der Waals surface area contributed by atoms with Crippen LogP contribution in [0, 0.1) is 17.2 Å². The smallest absolute Gasteiger partial charge is 0.328 e. The lowest BCUT2D eigenvalue weighted by Gasteiger charge is -2.26. The molecule has 0 spiro atoms. The van der Waals surface area contributed by atoms with Gasteiger partial charge in [-0.15, -0.1) is 0 Å². The number of nitrogens with zero attached hydrogens (tertiary/aromatic N) is 2. The van der Waals surface area contributed by atoms with E-state index in [1.54, 1.807) is 12.1 Å². The second-order valence-electron chi connectivity index (χ2n) is 4.44. The maximum atomic E-state index is 10.7. The number of carboxylic acid groups (broad SMARTS) is 1. The van der Waals surface area contributed by atoms with Gasteiger partial charge < -0.3 is 10.0 Å². The van der Waals surface area contributed by atoms with Crippen molar-refractivity contribution in [1.29, 1.82) is 5.26 Å². The van der Waals surface area contributed by atoms with Crippen LogP contribution in [0.2, 0.25) is 5.02 Å². The van der Waals surface area contributed by atoms with Crippen LogP contribution in [-0.2, 0) is 4.79 Å². The van der Waals surface area contributed by atoms with Gasteiger partial charge in [-0.05, 0) is 43.7 Å². The summed E-state index contributed by atoms with van der Waals surface area (Å²) in [6.07, 6.45) is 2.60. The zero-order chi connectivity index (χ0) is 15.1. The van der Waals surface area contributed by atoms with Gasteiger partial charge >= 0.3 is 5.97 Å². The van der Waals surface area contributed by atoms with Gasteiger partial charge in [0.2, 0.25) is 0 Å². The molecule has 1 aromatic rings. The molecule has 20 heavy (non-hydrogen) atoms. The van der Waals surface area contributed by atoms with Gasteiger partial charge in [0, 0.05) is 29.9 Å². The molecular formula is C15H17ClN2O2. The van der Waals surface area contributed by atoms with E-state index in [1.807, 2.05) is 24.8 Å². The standard InChI is InChI=1S/C15H17ClN2O2/c1-3-18(10-11(2)9-17)14-6-5-13(16)8-12(14)4-7-15(19)20/h4-8,11H,3,10H2,1-2H3,(H,19,20)/b7-4+. The van der Waals surface area contributed by atoms with Crippen LogP contribution in [0.3, 0.4) is 0 Å². The molecular weight excluding hydrogens is 276 g/mol. The lowest BCUT2D eigenvalue weighted by atomic mass is 10.1. The van der Waals surface area contributed by atoms with Crippen molar-refractivity contribution in [2.45, 2.75) is 13.8 Å². The first-order valence-electron chi connectivity index (χ1n) is 6.33. The fraction of sp³-hybridized carbons (Fsp3) is 0.333. The third-order valence-corrected chi connectivity index (χ3v) is 3.07. The Balaban J connectivity index is 3.14. The minimum Gasteiger partial charge on any atom is -0.478 e. The summed E-state index contributed by atoms with van der Waals surface area (Å²) in [7, 11) is 0. The third-order valence-electron chi connectivity index (χ3n) is 2.83. The Morgan fingerprint density at radius 1 is 1.60 bits per heavy atom. The molecule has 1 unspecified atom stereocenters. The van der Waals surface area contributed by atoms with Gasteiger partial charge in [-0.25, -0.2) is 4.79 Å². The normalized spacial score (nSPS) is 12.1. The molecule has 0 saturated carbocycles. The van der Waals surface area contributed by atoms with Crippen LogP contribution < -0.4 is 4.90 Å². The molecule has 4 nitrogen and oxygen atoms in total. The number of nitriles is 1. The number of anilines is 1. The van der Waals surface area contributed by atoms with Crippen molar-refractivity contribution in [3.63, 3.8) is 0 Å². The average Bonchev–Trinajstić information content (AvgIpc) is 2.42. The first kappa shape index (κ1) is 16.1. The number of halogens is 1. The summed E-state index contributed by atoms with van der Waals surface area (Å²) in [6, 6.07) is 7.52. The molecule has 1 rings (SSSR count). The molecule has 0 bridgehead atoms. The van der Waals surface area contributed by atoms with E-state index in [0.29, 0.717) is 11.6 Å². The van der Waals surface area contributed by atoms with Crippen LogP contribution in [-0.4, -0.2) is 24.2 Å². The summed E-state index contributed by atoms with van der Waals surface area (Å²) in [5, 5.41) is 18.2. The molecule has 0 radical (unpaired) electrons. The Labute approximate surface area is 123 Å². The molecule has 5 heteroatoms. The average molecular weight is 293 g/mol. The number of benzene rings is 1. The lowest BCUT2D eigenvalue weighted by molar-refractivity contribution is -0.131. The van der Waals surface area contributed by atoms with E-state index in [0.717, 1.165) is 23.9 Å². The van der Waals surface area contributed by atoms with Gasteiger partial charge in [-0.2, -0.15) is 5.26 Å². The molecule has 106 valence electrons. The maximum Gasteiger partial charge on any atom is 0.328 e. The highest BCUT2D eigenvalue weighted by molar-refractivity contribution is 6.30. The third kappa shape index (κ3) is 4.60. The fourth-order valence-electron chi connectivity index (χ4n) is 1.88. The van der Waals surface area contributed by atoms with Gasteiger partial charge in [0.05, 0.1) is 12.0 Å². The van der Waals surface area contributed by atoms with Crippen molar-refractivity contribution in [2.75, 3.05) is 18.0 Å². The fourth-order valence-corrected chi connectivity index (χ4v) is 2.06. The molecule has 0 fully saturated rings. The lowest BCUT2D eigenvalue weighted by Crippen LogP contribution is -2.28. The van der Waals surface area contributed by atoms with Crippen LogP contribution in [0.1, 0.15) is 19.4 Å². The minimum absolute atomic E-state index is 0.109. The molecule has 1 atom stereocenters. The second kappa shape index (κ2) is 7.56. The van der Waals surface area contributed by atoms with Crippen molar-refractivity contribution in [2.24, 2.45) is 5.92 Å². The Morgan fingerprint density at radius 3 is 2.85 bits per heavy atom. The van der Waals surface area contributed by atoms with Crippen LogP contribution >= 0.6 is 11.6 Å². The number of rotatable bonds is 6. The van der Waals surface area contributed by atoms with Gasteiger partial charge in [-0.1, -0.05) is 11.6 Å². The van der Waals surface area contributed by atoms with Gasteiger partial charge in [0.15, 0.2) is 0 Å². The van der Waals surface area contributed by atoms with Crippen molar-refractivity contribution in [3.8, 4) is 6.07 Å². The molecule has 0 saturated heterocycles. The highest BCUT2D eigenvalue weighted by Gasteiger charge is 2.12. The summed E-state index contributed by atoms with van der Waals surface area (Å²) in [6.45, 7) is 5.15. The summed E-state index contributed by atoms with van der Waals surface area (Å²) in [5.74, 6) is -1.12.